The number of benzene rings is 1. The highest BCUT2D eigenvalue weighted by Gasteiger charge is 2.32. The number of methoxy groups -OCH3 is 2. The van der Waals surface area contributed by atoms with E-state index in [4.69, 9.17) is 9.47 Å². The summed E-state index contributed by atoms with van der Waals surface area (Å²) < 4.78 is 10.6. The van der Waals surface area contributed by atoms with Crippen molar-refractivity contribution < 1.29 is 24.2 Å². The summed E-state index contributed by atoms with van der Waals surface area (Å²) in [6, 6.07) is 3.15. The van der Waals surface area contributed by atoms with Gasteiger partial charge in [0.2, 0.25) is 0 Å². The standard InChI is InChI=1S/C33H46O5/c1-22(2)12-9-13-23(3)14-10-15-24(4)16-11-18-33(6,36)19-17-26-25(5)31(34)27-20-29(37-7)30(38-8)21-28(27)32(26)35/h12,14,16,20-21,36H,9-11,13,15,17-19H2,1-8H3. The number of ether oxygens (including phenoxy) is 2. The molecule has 0 aliphatic heterocycles. The number of Topliss-reactive ketones (excluding diaryl/α,β-unsaturated/α-hetero) is 2. The first-order valence-corrected chi connectivity index (χ1v) is 13.6. The molecule has 0 radical (unpaired) electrons. The van der Waals surface area contributed by atoms with E-state index in [1.54, 1.807) is 19.1 Å². The molecule has 1 aliphatic rings. The van der Waals surface area contributed by atoms with Crippen LogP contribution in [0, 0.1) is 0 Å². The van der Waals surface area contributed by atoms with Gasteiger partial charge >= 0.3 is 0 Å². The zero-order valence-corrected chi connectivity index (χ0v) is 24.6. The normalized spacial score (nSPS) is 15.8. The van der Waals surface area contributed by atoms with Crippen molar-refractivity contribution in [1.82, 2.24) is 0 Å². The molecular weight excluding hydrogens is 476 g/mol. The average Bonchev–Trinajstić information content (AvgIpc) is 2.86. The molecule has 1 unspecified atom stereocenters. The van der Waals surface area contributed by atoms with Crippen LogP contribution in [0.3, 0.4) is 0 Å². The molecule has 0 fully saturated rings. The van der Waals surface area contributed by atoms with Crippen molar-refractivity contribution in [2.75, 3.05) is 14.2 Å². The summed E-state index contributed by atoms with van der Waals surface area (Å²) in [6.45, 7) is 12.1. The fourth-order valence-corrected chi connectivity index (χ4v) is 4.72. The van der Waals surface area contributed by atoms with Crippen molar-refractivity contribution in [3.8, 4) is 11.5 Å². The smallest absolute Gasteiger partial charge is 0.190 e. The summed E-state index contributed by atoms with van der Waals surface area (Å²) in [5.74, 6) is 0.458. The fourth-order valence-electron chi connectivity index (χ4n) is 4.72. The van der Waals surface area contributed by atoms with E-state index in [0.29, 0.717) is 53.0 Å². The van der Waals surface area contributed by atoms with Crippen molar-refractivity contribution in [1.29, 1.82) is 0 Å². The minimum Gasteiger partial charge on any atom is -0.493 e. The highest BCUT2D eigenvalue weighted by molar-refractivity contribution is 6.27. The molecule has 0 aromatic heterocycles. The van der Waals surface area contributed by atoms with Crippen LogP contribution in [0.2, 0.25) is 0 Å². The van der Waals surface area contributed by atoms with Gasteiger partial charge in [-0.3, -0.25) is 9.59 Å². The molecule has 1 atom stereocenters. The minimum absolute atomic E-state index is 0.185. The number of allylic oxidation sites excluding steroid dienone is 8. The summed E-state index contributed by atoms with van der Waals surface area (Å²) in [6.07, 6.45) is 13.2. The first-order valence-electron chi connectivity index (χ1n) is 13.6. The first kappa shape index (κ1) is 31.3. The molecule has 0 saturated carbocycles. The van der Waals surface area contributed by atoms with E-state index in [0.717, 1.165) is 32.1 Å². The number of carbonyl (C=O) groups is 2. The van der Waals surface area contributed by atoms with Crippen molar-refractivity contribution in [3.63, 3.8) is 0 Å². The molecule has 2 rings (SSSR count). The summed E-state index contributed by atoms with van der Waals surface area (Å²) in [4.78, 5) is 26.3. The lowest BCUT2D eigenvalue weighted by Crippen LogP contribution is -2.27. The molecule has 208 valence electrons. The fraction of sp³-hybridized carbons (Fsp3) is 0.515. The molecule has 1 aromatic rings. The molecule has 1 aromatic carbocycles. The van der Waals surface area contributed by atoms with Crippen LogP contribution in [0.4, 0.5) is 0 Å². The minimum atomic E-state index is -0.938. The van der Waals surface area contributed by atoms with E-state index < -0.39 is 5.60 Å². The lowest BCUT2D eigenvalue weighted by Gasteiger charge is -2.26. The average molecular weight is 523 g/mol. The number of hydrogen-bond acceptors (Lipinski definition) is 5. The third-order valence-corrected chi connectivity index (χ3v) is 7.29. The second-order valence-electron chi connectivity index (χ2n) is 11.0. The van der Waals surface area contributed by atoms with E-state index in [1.807, 2.05) is 6.92 Å². The van der Waals surface area contributed by atoms with Gasteiger partial charge in [-0.1, -0.05) is 34.9 Å². The van der Waals surface area contributed by atoms with Gasteiger partial charge in [-0.05, 0) is 105 Å². The van der Waals surface area contributed by atoms with Gasteiger partial charge in [-0.15, -0.1) is 0 Å². The molecule has 0 spiro atoms. The summed E-state index contributed by atoms with van der Waals surface area (Å²) in [7, 11) is 3.00. The van der Waals surface area contributed by atoms with Crippen LogP contribution in [-0.2, 0) is 0 Å². The molecule has 0 saturated heterocycles. The molecule has 38 heavy (non-hydrogen) atoms. The Kier molecular flexibility index (Phi) is 11.8. The van der Waals surface area contributed by atoms with Gasteiger partial charge < -0.3 is 14.6 Å². The molecule has 5 nitrogen and oxygen atoms in total. The van der Waals surface area contributed by atoms with Crippen molar-refractivity contribution >= 4 is 11.6 Å². The van der Waals surface area contributed by atoms with Gasteiger partial charge in [-0.25, -0.2) is 0 Å². The summed E-state index contributed by atoms with van der Waals surface area (Å²) >= 11 is 0. The van der Waals surface area contributed by atoms with Crippen LogP contribution >= 0.6 is 0 Å². The van der Waals surface area contributed by atoms with E-state index in [-0.39, 0.29) is 11.6 Å². The highest BCUT2D eigenvalue weighted by atomic mass is 16.5. The maximum Gasteiger partial charge on any atom is 0.190 e. The molecule has 0 amide bonds. The highest BCUT2D eigenvalue weighted by Crippen LogP contribution is 2.37. The van der Waals surface area contributed by atoms with Crippen LogP contribution in [0.1, 0.15) is 114 Å². The van der Waals surface area contributed by atoms with Gasteiger partial charge in [0.05, 0.1) is 19.8 Å². The molecule has 5 heteroatoms. The van der Waals surface area contributed by atoms with Crippen LogP contribution in [-0.4, -0.2) is 36.5 Å². The van der Waals surface area contributed by atoms with Gasteiger partial charge in [-0.2, -0.15) is 0 Å². The van der Waals surface area contributed by atoms with Gasteiger partial charge in [0, 0.05) is 22.3 Å². The largest absolute Gasteiger partial charge is 0.493 e. The predicted molar refractivity (Wildman–Crippen MR) is 155 cm³/mol. The van der Waals surface area contributed by atoms with E-state index in [1.165, 1.54) is 30.9 Å². The third-order valence-electron chi connectivity index (χ3n) is 7.29. The van der Waals surface area contributed by atoms with Gasteiger partial charge in [0.25, 0.3) is 0 Å². The van der Waals surface area contributed by atoms with Crippen LogP contribution in [0.25, 0.3) is 0 Å². The maximum atomic E-state index is 13.3. The first-order chi connectivity index (χ1) is 17.9. The predicted octanol–water partition coefficient (Wildman–Crippen LogP) is 8.13. The van der Waals surface area contributed by atoms with Gasteiger partial charge in [0.1, 0.15) is 0 Å². The zero-order valence-electron chi connectivity index (χ0n) is 24.6. The number of hydrogen-bond donors (Lipinski definition) is 1. The van der Waals surface area contributed by atoms with Crippen LogP contribution in [0.15, 0.2) is 58.2 Å². The Bertz CT molecular complexity index is 1140. The van der Waals surface area contributed by atoms with E-state index in [9.17, 15) is 14.7 Å². The maximum absolute atomic E-state index is 13.3. The third kappa shape index (κ3) is 8.83. The Balaban J connectivity index is 1.93. The lowest BCUT2D eigenvalue weighted by molar-refractivity contribution is 0.0429. The molecule has 0 heterocycles. The molecular formula is C33H46O5. The SMILES string of the molecule is COc1cc2c(cc1OC)C(=O)C(CCC(C)(O)CCC=C(C)CCC=C(C)CCC=C(C)C)=C(C)C2=O. The Hall–Kier alpha value is -2.92. The molecule has 1 N–H and O–H groups in total. The van der Waals surface area contributed by atoms with E-state index >= 15 is 0 Å². The Labute approximate surface area is 229 Å². The second-order valence-corrected chi connectivity index (χ2v) is 11.0. The lowest BCUT2D eigenvalue weighted by atomic mass is 9.80. The zero-order chi connectivity index (χ0) is 28.5. The van der Waals surface area contributed by atoms with Crippen molar-refractivity contribution in [2.45, 2.75) is 98.5 Å². The van der Waals surface area contributed by atoms with Crippen LogP contribution in [0.5, 0.6) is 11.5 Å². The van der Waals surface area contributed by atoms with Crippen LogP contribution < -0.4 is 9.47 Å². The van der Waals surface area contributed by atoms with Crippen molar-refractivity contribution in [2.24, 2.45) is 0 Å². The quantitative estimate of drug-likeness (QED) is 0.250. The second kappa shape index (κ2) is 14.3. The number of aliphatic hydroxyl groups is 1. The Morgan fingerprint density at radius 2 is 1.32 bits per heavy atom. The topological polar surface area (TPSA) is 72.8 Å². The number of rotatable bonds is 14. The number of fused-ring (bicyclic) bond motifs is 1. The monoisotopic (exact) mass is 522 g/mol. The Morgan fingerprint density at radius 3 is 1.84 bits per heavy atom. The van der Waals surface area contributed by atoms with Crippen molar-refractivity contribution in [3.05, 3.63) is 69.4 Å². The number of ketones is 2. The summed E-state index contributed by atoms with van der Waals surface area (Å²) in [5.41, 5.74) is 4.74. The molecule has 0 bridgehead atoms. The van der Waals surface area contributed by atoms with E-state index in [2.05, 4.69) is 45.9 Å². The summed E-state index contributed by atoms with van der Waals surface area (Å²) in [5, 5.41) is 11.0. The Morgan fingerprint density at radius 1 is 0.816 bits per heavy atom. The molecule has 1 aliphatic carbocycles. The van der Waals surface area contributed by atoms with Gasteiger partial charge in [0.15, 0.2) is 23.1 Å². The number of carbonyl (C=O) groups excluding carboxylic acids is 2.